The lowest BCUT2D eigenvalue weighted by Gasteiger charge is -2.39. The van der Waals surface area contributed by atoms with Crippen molar-refractivity contribution < 1.29 is 9.72 Å². The van der Waals surface area contributed by atoms with Gasteiger partial charge in [0.15, 0.2) is 5.78 Å². The van der Waals surface area contributed by atoms with Gasteiger partial charge in [-0.3, -0.25) is 19.8 Å². The summed E-state index contributed by atoms with van der Waals surface area (Å²) in [7, 11) is 3.88. The Bertz CT molecular complexity index is 1200. The summed E-state index contributed by atoms with van der Waals surface area (Å²) in [5.74, 6) is -0.388. The Kier molecular flexibility index (Phi) is 5.41. The molecule has 8 heteroatoms. The molecule has 2 N–H and O–H groups in total. The molecule has 2 aliphatic rings. The van der Waals surface area contributed by atoms with Crippen LogP contribution in [0.15, 0.2) is 71.2 Å². The highest BCUT2D eigenvalue weighted by Gasteiger charge is 2.40. The maximum atomic E-state index is 13.1. The summed E-state index contributed by atoms with van der Waals surface area (Å²) in [6.07, 6.45) is 1.65. The van der Waals surface area contributed by atoms with Crippen molar-refractivity contribution in [2.24, 2.45) is 5.73 Å². The first-order valence-corrected chi connectivity index (χ1v) is 10.3. The van der Waals surface area contributed by atoms with Crippen LogP contribution in [0.2, 0.25) is 0 Å². The Morgan fingerprint density at radius 2 is 1.91 bits per heavy atom. The normalized spacial score (nSPS) is 18.3. The number of nitrogens with two attached hydrogens (primary N) is 1. The predicted molar refractivity (Wildman–Crippen MR) is 122 cm³/mol. The van der Waals surface area contributed by atoms with E-state index < -0.39 is 10.8 Å². The summed E-state index contributed by atoms with van der Waals surface area (Å²) in [5, 5.41) is 21.4. The Morgan fingerprint density at radius 1 is 1.19 bits per heavy atom. The maximum absolute atomic E-state index is 13.1. The van der Waals surface area contributed by atoms with E-state index in [1.165, 1.54) is 12.1 Å². The molecule has 0 bridgehead atoms. The van der Waals surface area contributed by atoms with Gasteiger partial charge in [-0.2, -0.15) is 5.26 Å². The SMILES string of the molecule is CN(C)c1ccc([C@H]2C(C#N)=C(N)N(c3cccc([N+](=O)[O-])c3)C3=C2C(=O)CCC3)cc1. The minimum Gasteiger partial charge on any atom is -0.384 e. The van der Waals surface area contributed by atoms with E-state index >= 15 is 0 Å². The molecule has 32 heavy (non-hydrogen) atoms. The fourth-order valence-corrected chi connectivity index (χ4v) is 4.43. The van der Waals surface area contributed by atoms with Crippen molar-refractivity contribution in [1.29, 1.82) is 5.26 Å². The summed E-state index contributed by atoms with van der Waals surface area (Å²) in [5.41, 5.74) is 10.2. The average molecular weight is 429 g/mol. The largest absolute Gasteiger partial charge is 0.384 e. The molecule has 0 radical (unpaired) electrons. The number of nitro benzene ring substituents is 1. The van der Waals surface area contributed by atoms with Crippen LogP contribution in [0.25, 0.3) is 0 Å². The molecular weight excluding hydrogens is 406 g/mol. The zero-order valence-electron chi connectivity index (χ0n) is 17.9. The lowest BCUT2D eigenvalue weighted by Crippen LogP contribution is -2.38. The molecule has 0 fully saturated rings. The molecule has 0 unspecified atom stereocenters. The van der Waals surface area contributed by atoms with Crippen LogP contribution < -0.4 is 15.5 Å². The smallest absolute Gasteiger partial charge is 0.271 e. The van der Waals surface area contributed by atoms with Gasteiger partial charge in [0.05, 0.1) is 28.2 Å². The van der Waals surface area contributed by atoms with Crippen molar-refractivity contribution in [1.82, 2.24) is 0 Å². The van der Waals surface area contributed by atoms with Crippen LogP contribution in [-0.2, 0) is 4.79 Å². The summed E-state index contributed by atoms with van der Waals surface area (Å²) < 4.78 is 0. The average Bonchev–Trinajstić information content (AvgIpc) is 2.78. The molecule has 1 atom stereocenters. The van der Waals surface area contributed by atoms with Crippen molar-refractivity contribution in [2.75, 3.05) is 23.9 Å². The molecule has 0 amide bonds. The van der Waals surface area contributed by atoms with Crippen molar-refractivity contribution >= 4 is 22.8 Å². The molecule has 8 nitrogen and oxygen atoms in total. The van der Waals surface area contributed by atoms with Gasteiger partial charge < -0.3 is 10.6 Å². The maximum Gasteiger partial charge on any atom is 0.271 e. The molecule has 0 saturated heterocycles. The van der Waals surface area contributed by atoms with Crippen molar-refractivity contribution in [3.63, 3.8) is 0 Å². The molecule has 162 valence electrons. The van der Waals surface area contributed by atoms with E-state index in [1.807, 2.05) is 43.3 Å². The van der Waals surface area contributed by atoms with Gasteiger partial charge in [0.1, 0.15) is 5.82 Å². The van der Waals surface area contributed by atoms with Crippen molar-refractivity contribution in [3.8, 4) is 6.07 Å². The lowest BCUT2D eigenvalue weighted by molar-refractivity contribution is -0.384. The highest BCUT2D eigenvalue weighted by Crippen LogP contribution is 2.46. The van der Waals surface area contributed by atoms with Gasteiger partial charge in [0, 0.05) is 49.6 Å². The number of Topliss-reactive ketones (excluding diaryl/α,β-unsaturated/α-hetero) is 1. The number of nitriles is 1. The van der Waals surface area contributed by atoms with E-state index in [4.69, 9.17) is 5.73 Å². The second-order valence-electron chi connectivity index (χ2n) is 8.08. The predicted octanol–water partition coefficient (Wildman–Crippen LogP) is 3.97. The quantitative estimate of drug-likeness (QED) is 0.577. The van der Waals surface area contributed by atoms with Gasteiger partial charge in [-0.1, -0.05) is 18.2 Å². The highest BCUT2D eigenvalue weighted by molar-refractivity contribution is 6.01. The van der Waals surface area contributed by atoms with Gasteiger partial charge in [-0.05, 0) is 36.6 Å². The molecule has 2 aromatic carbocycles. The van der Waals surface area contributed by atoms with E-state index in [1.54, 1.807) is 17.0 Å². The molecule has 1 heterocycles. The number of hydrogen-bond acceptors (Lipinski definition) is 7. The van der Waals surface area contributed by atoms with Crippen molar-refractivity contribution in [2.45, 2.75) is 25.2 Å². The van der Waals surface area contributed by atoms with E-state index in [2.05, 4.69) is 6.07 Å². The van der Waals surface area contributed by atoms with Crippen LogP contribution in [0.5, 0.6) is 0 Å². The molecule has 1 aliphatic heterocycles. The van der Waals surface area contributed by atoms with E-state index in [0.29, 0.717) is 36.2 Å². The number of ketones is 1. The van der Waals surface area contributed by atoms with Gasteiger partial charge in [-0.25, -0.2) is 0 Å². The van der Waals surface area contributed by atoms with Crippen LogP contribution >= 0.6 is 0 Å². The number of carbonyl (C=O) groups excluding carboxylic acids is 1. The van der Waals surface area contributed by atoms with Gasteiger partial charge in [0.2, 0.25) is 0 Å². The van der Waals surface area contributed by atoms with Crippen LogP contribution in [-0.4, -0.2) is 24.8 Å². The summed E-state index contributed by atoms with van der Waals surface area (Å²) in [6.45, 7) is 0. The fraction of sp³-hybridized carbons (Fsp3) is 0.250. The second-order valence-corrected chi connectivity index (χ2v) is 8.08. The first-order chi connectivity index (χ1) is 15.3. The third-order valence-electron chi connectivity index (χ3n) is 5.95. The van der Waals surface area contributed by atoms with Crippen LogP contribution in [0.3, 0.4) is 0 Å². The number of carbonyl (C=O) groups is 1. The minimum atomic E-state index is -0.561. The molecular formula is C24H23N5O3. The number of rotatable bonds is 4. The zero-order valence-corrected chi connectivity index (χ0v) is 17.9. The van der Waals surface area contributed by atoms with Gasteiger partial charge in [0.25, 0.3) is 5.69 Å². The number of nitrogens with zero attached hydrogens (tertiary/aromatic N) is 4. The minimum absolute atomic E-state index is 0.0244. The molecule has 0 spiro atoms. The van der Waals surface area contributed by atoms with Crippen molar-refractivity contribution in [3.05, 3.63) is 86.9 Å². The first kappa shape index (κ1) is 21.1. The Balaban J connectivity index is 1.92. The summed E-state index contributed by atoms with van der Waals surface area (Å²) >= 11 is 0. The molecule has 0 aromatic heterocycles. The zero-order chi connectivity index (χ0) is 23.0. The number of non-ortho nitro benzene ring substituents is 1. The standard InChI is InChI=1S/C24H23N5O3/c1-27(2)16-11-9-15(10-12-16)22-19(14-25)24(26)28(20-7-4-8-21(30)23(20)22)17-5-3-6-18(13-17)29(31)32/h3,5-6,9-13,22H,4,7-8,26H2,1-2H3/t22-/m0/s1. The Labute approximate surface area is 186 Å². The second kappa shape index (κ2) is 8.19. The van der Waals surface area contributed by atoms with E-state index in [-0.39, 0.29) is 22.9 Å². The summed E-state index contributed by atoms with van der Waals surface area (Å²) in [6, 6.07) is 16.0. The lowest BCUT2D eigenvalue weighted by atomic mass is 9.75. The number of anilines is 2. The number of benzene rings is 2. The molecule has 4 rings (SSSR count). The number of allylic oxidation sites excluding steroid dienone is 3. The van der Waals surface area contributed by atoms with Gasteiger partial charge in [-0.15, -0.1) is 0 Å². The molecule has 0 saturated carbocycles. The Morgan fingerprint density at radius 3 is 2.53 bits per heavy atom. The third kappa shape index (κ3) is 3.48. The fourth-order valence-electron chi connectivity index (χ4n) is 4.43. The molecule has 1 aliphatic carbocycles. The van der Waals surface area contributed by atoms with Crippen LogP contribution in [0.1, 0.15) is 30.7 Å². The van der Waals surface area contributed by atoms with Crippen LogP contribution in [0, 0.1) is 21.4 Å². The number of nitro groups is 1. The number of hydrogen-bond donors (Lipinski definition) is 1. The van der Waals surface area contributed by atoms with Gasteiger partial charge >= 0.3 is 0 Å². The first-order valence-electron chi connectivity index (χ1n) is 10.3. The highest BCUT2D eigenvalue weighted by atomic mass is 16.6. The third-order valence-corrected chi connectivity index (χ3v) is 5.95. The monoisotopic (exact) mass is 429 g/mol. The Hall–Kier alpha value is -4.12. The van der Waals surface area contributed by atoms with Crippen LogP contribution in [0.4, 0.5) is 17.1 Å². The van der Waals surface area contributed by atoms with E-state index in [0.717, 1.165) is 11.3 Å². The summed E-state index contributed by atoms with van der Waals surface area (Å²) in [4.78, 5) is 27.6. The topological polar surface area (TPSA) is 116 Å². The molecule has 2 aromatic rings. The van der Waals surface area contributed by atoms with E-state index in [9.17, 15) is 20.2 Å².